The molecule has 4 bridgehead atoms. The molecule has 6 rings (SSSR count). The molecule has 0 aromatic heterocycles. The number of hydrogen-bond acceptors (Lipinski definition) is 4. The maximum Gasteiger partial charge on any atom is 0.119 e. The highest BCUT2D eigenvalue weighted by atomic mass is 35.5. The maximum absolute atomic E-state index is 10.3. The van der Waals surface area contributed by atoms with Crippen LogP contribution in [0, 0.1) is 17.8 Å². The summed E-state index contributed by atoms with van der Waals surface area (Å²) >= 11 is 0. The molecule has 1 atom stereocenters. The van der Waals surface area contributed by atoms with Crippen LogP contribution in [0.3, 0.4) is 0 Å². The molecule has 1 aromatic carbocycles. The molecule has 0 radical (unpaired) electrons. The summed E-state index contributed by atoms with van der Waals surface area (Å²) in [4.78, 5) is 2.24. The number of aliphatic hydroxyl groups excluding tert-OH is 1. The van der Waals surface area contributed by atoms with E-state index >= 15 is 0 Å². The quantitative estimate of drug-likeness (QED) is 0.781. The van der Waals surface area contributed by atoms with Gasteiger partial charge in [0.2, 0.25) is 0 Å². The van der Waals surface area contributed by atoms with E-state index in [1.807, 2.05) is 0 Å². The summed E-state index contributed by atoms with van der Waals surface area (Å²) in [5, 5.41) is 10.3. The van der Waals surface area contributed by atoms with Gasteiger partial charge in [-0.3, -0.25) is 4.90 Å². The molecule has 5 aliphatic rings. The van der Waals surface area contributed by atoms with Gasteiger partial charge in [0.15, 0.2) is 0 Å². The van der Waals surface area contributed by atoms with Crippen LogP contribution in [0.2, 0.25) is 0 Å². The first kappa shape index (κ1) is 20.5. The first-order chi connectivity index (χ1) is 13.2. The van der Waals surface area contributed by atoms with Gasteiger partial charge in [-0.2, -0.15) is 0 Å². The van der Waals surface area contributed by atoms with Gasteiger partial charge in [-0.05, 0) is 79.4 Å². The van der Waals surface area contributed by atoms with Crippen molar-refractivity contribution in [3.63, 3.8) is 0 Å². The van der Waals surface area contributed by atoms with E-state index in [0.717, 1.165) is 49.8 Å². The lowest BCUT2D eigenvalue weighted by Crippen LogP contribution is -2.48. The second-order valence-corrected chi connectivity index (χ2v) is 9.60. The second kappa shape index (κ2) is 8.51. The minimum absolute atomic E-state index is 0. The van der Waals surface area contributed by atoms with Gasteiger partial charge in [0, 0.05) is 19.6 Å². The van der Waals surface area contributed by atoms with Crippen molar-refractivity contribution in [2.24, 2.45) is 17.8 Å². The van der Waals surface area contributed by atoms with Crippen LogP contribution in [0.1, 0.15) is 44.1 Å². The fraction of sp³-hybridized carbons (Fsp3) is 0.739. The summed E-state index contributed by atoms with van der Waals surface area (Å²) in [6.45, 7) is 4.34. The molecule has 4 aliphatic carbocycles. The van der Waals surface area contributed by atoms with E-state index < -0.39 is 6.10 Å². The molecular weight excluding hydrogens is 374 g/mol. The zero-order valence-electron chi connectivity index (χ0n) is 16.7. The molecule has 0 amide bonds. The van der Waals surface area contributed by atoms with Crippen LogP contribution >= 0.6 is 12.4 Å². The Balaban J connectivity index is 0.00000192. The summed E-state index contributed by atoms with van der Waals surface area (Å²) in [6, 6.07) is 8.85. The van der Waals surface area contributed by atoms with Crippen molar-refractivity contribution < 1.29 is 14.6 Å². The van der Waals surface area contributed by atoms with E-state index in [-0.39, 0.29) is 12.4 Å². The minimum Gasteiger partial charge on any atom is -0.491 e. The molecule has 1 heterocycles. The van der Waals surface area contributed by atoms with Crippen LogP contribution in [0.5, 0.6) is 5.75 Å². The van der Waals surface area contributed by atoms with Crippen molar-refractivity contribution >= 4 is 12.4 Å². The van der Waals surface area contributed by atoms with Crippen molar-refractivity contribution in [1.29, 1.82) is 0 Å². The number of aliphatic hydroxyl groups is 1. The highest BCUT2D eigenvalue weighted by molar-refractivity contribution is 5.85. The zero-order chi connectivity index (χ0) is 18.3. The number of hydrogen-bond donors (Lipinski definition) is 1. The number of benzene rings is 1. The third-order valence-corrected chi connectivity index (χ3v) is 7.52. The number of nitrogens with zero attached hydrogens (tertiary/aromatic N) is 1. The van der Waals surface area contributed by atoms with Crippen molar-refractivity contribution in [2.75, 3.05) is 39.5 Å². The van der Waals surface area contributed by atoms with E-state index in [2.05, 4.69) is 29.2 Å². The first-order valence-corrected chi connectivity index (χ1v) is 10.9. The Morgan fingerprint density at radius 2 is 1.57 bits per heavy atom. The normalized spacial score (nSPS) is 35.4. The topological polar surface area (TPSA) is 41.9 Å². The molecule has 5 fully saturated rings. The van der Waals surface area contributed by atoms with E-state index in [1.165, 1.54) is 44.1 Å². The number of rotatable bonds is 6. The Morgan fingerprint density at radius 1 is 1.00 bits per heavy atom. The molecule has 4 nitrogen and oxygen atoms in total. The minimum atomic E-state index is -0.453. The van der Waals surface area contributed by atoms with Gasteiger partial charge < -0.3 is 14.6 Å². The molecule has 0 spiro atoms. The fourth-order valence-electron chi connectivity index (χ4n) is 6.70. The summed E-state index contributed by atoms with van der Waals surface area (Å²) in [5.41, 5.74) is 1.98. The highest BCUT2D eigenvalue weighted by Gasteiger charge is 2.51. The molecule has 1 saturated heterocycles. The van der Waals surface area contributed by atoms with Crippen molar-refractivity contribution in [1.82, 2.24) is 4.90 Å². The van der Waals surface area contributed by atoms with E-state index in [4.69, 9.17) is 9.47 Å². The average Bonchev–Trinajstić information content (AvgIpc) is 2.66. The average molecular weight is 408 g/mol. The number of β-amino-alcohol motifs (C(OH)–C–C–N with tert-alkyl or cyclic N) is 1. The van der Waals surface area contributed by atoms with E-state index in [9.17, 15) is 5.11 Å². The molecule has 4 saturated carbocycles. The van der Waals surface area contributed by atoms with Crippen LogP contribution in [0.15, 0.2) is 24.3 Å². The van der Waals surface area contributed by atoms with Crippen LogP contribution in [-0.4, -0.2) is 55.6 Å². The molecule has 1 aliphatic heterocycles. The molecular formula is C23H34ClNO3. The van der Waals surface area contributed by atoms with Crippen LogP contribution in [0.4, 0.5) is 0 Å². The Bertz CT molecular complexity index is 608. The third-order valence-electron chi connectivity index (χ3n) is 7.52. The molecule has 1 unspecified atom stereocenters. The lowest BCUT2D eigenvalue weighted by molar-refractivity contribution is -0.00527. The Kier molecular flexibility index (Phi) is 6.22. The van der Waals surface area contributed by atoms with Crippen molar-refractivity contribution in [2.45, 2.75) is 50.0 Å². The van der Waals surface area contributed by atoms with Crippen molar-refractivity contribution in [3.05, 3.63) is 29.8 Å². The smallest absolute Gasteiger partial charge is 0.119 e. The van der Waals surface area contributed by atoms with Crippen LogP contribution in [-0.2, 0) is 10.2 Å². The van der Waals surface area contributed by atoms with Gasteiger partial charge in [0.05, 0.1) is 13.2 Å². The number of halogens is 1. The maximum atomic E-state index is 10.3. The van der Waals surface area contributed by atoms with E-state index in [0.29, 0.717) is 18.6 Å². The predicted octanol–water partition coefficient (Wildman–Crippen LogP) is 3.65. The van der Waals surface area contributed by atoms with Gasteiger partial charge in [-0.15, -0.1) is 12.4 Å². The monoisotopic (exact) mass is 407 g/mol. The summed E-state index contributed by atoms with van der Waals surface area (Å²) in [7, 11) is 0. The lowest BCUT2D eigenvalue weighted by Gasteiger charge is -2.57. The van der Waals surface area contributed by atoms with Crippen LogP contribution < -0.4 is 4.74 Å². The molecule has 1 N–H and O–H groups in total. The Labute approximate surface area is 175 Å². The van der Waals surface area contributed by atoms with Gasteiger partial charge >= 0.3 is 0 Å². The fourth-order valence-corrected chi connectivity index (χ4v) is 6.70. The molecule has 5 heteroatoms. The Morgan fingerprint density at radius 3 is 2.14 bits per heavy atom. The lowest BCUT2D eigenvalue weighted by atomic mass is 9.48. The number of morpholine rings is 1. The van der Waals surface area contributed by atoms with E-state index in [1.54, 1.807) is 0 Å². The third kappa shape index (κ3) is 4.21. The van der Waals surface area contributed by atoms with Gasteiger partial charge in [-0.25, -0.2) is 0 Å². The van der Waals surface area contributed by atoms with Gasteiger partial charge in [0.1, 0.15) is 18.5 Å². The zero-order valence-corrected chi connectivity index (χ0v) is 17.5. The summed E-state index contributed by atoms with van der Waals surface area (Å²) < 4.78 is 11.2. The van der Waals surface area contributed by atoms with Gasteiger partial charge in [0.25, 0.3) is 0 Å². The Hall–Kier alpha value is -0.810. The van der Waals surface area contributed by atoms with Crippen molar-refractivity contribution in [3.8, 4) is 5.75 Å². The standard InChI is InChI=1S/C23H33NO3.ClH/c25-21(15-24-5-7-26-8-6-24)16-27-22-3-1-20(2-4-22)23-12-17-9-18(13-23)11-19(10-17)14-23;/h1-4,17-19,21,25H,5-16H2;1H. The first-order valence-electron chi connectivity index (χ1n) is 10.9. The second-order valence-electron chi connectivity index (χ2n) is 9.60. The molecule has 1 aromatic rings. The molecule has 156 valence electrons. The predicted molar refractivity (Wildman–Crippen MR) is 112 cm³/mol. The summed E-state index contributed by atoms with van der Waals surface area (Å²) in [5.74, 6) is 3.80. The van der Waals surface area contributed by atoms with Gasteiger partial charge in [-0.1, -0.05) is 12.1 Å². The number of ether oxygens (including phenoxy) is 2. The van der Waals surface area contributed by atoms with Crippen LogP contribution in [0.25, 0.3) is 0 Å². The summed E-state index contributed by atoms with van der Waals surface area (Å²) in [6.07, 6.45) is 8.21. The highest BCUT2D eigenvalue weighted by Crippen LogP contribution is 2.60. The largest absolute Gasteiger partial charge is 0.491 e. The molecule has 28 heavy (non-hydrogen) atoms. The SMILES string of the molecule is Cl.OC(COc1ccc(C23CC4CC(CC(C4)C2)C3)cc1)CN1CCOCC1.